The Morgan fingerprint density at radius 2 is 2.37 bits per heavy atom. The second-order valence-electron chi connectivity index (χ2n) is 4.93. The van der Waals surface area contributed by atoms with Gasteiger partial charge in [-0.05, 0) is 19.8 Å². The Kier molecular flexibility index (Phi) is 2.85. The number of carbonyl (C=O) groups is 1. The van der Waals surface area contributed by atoms with Crippen molar-refractivity contribution < 1.29 is 9.32 Å². The zero-order valence-corrected chi connectivity index (χ0v) is 11.0. The van der Waals surface area contributed by atoms with Crippen LogP contribution in [0.3, 0.4) is 0 Å². The third-order valence-corrected chi connectivity index (χ3v) is 3.47. The largest absolute Gasteiger partial charge is 0.361 e. The minimum absolute atomic E-state index is 0.0665. The van der Waals surface area contributed by atoms with Gasteiger partial charge in [-0.3, -0.25) is 9.48 Å². The van der Waals surface area contributed by atoms with Gasteiger partial charge in [0.25, 0.3) is 5.91 Å². The highest BCUT2D eigenvalue weighted by molar-refractivity contribution is 5.92. The van der Waals surface area contributed by atoms with Crippen molar-refractivity contribution in [3.05, 3.63) is 35.5 Å². The minimum Gasteiger partial charge on any atom is -0.361 e. The van der Waals surface area contributed by atoms with Gasteiger partial charge < -0.3 is 9.42 Å². The maximum atomic E-state index is 12.4. The molecule has 1 fully saturated rings. The van der Waals surface area contributed by atoms with Gasteiger partial charge in [0.15, 0.2) is 5.69 Å². The van der Waals surface area contributed by atoms with Crippen molar-refractivity contribution in [2.45, 2.75) is 25.8 Å². The van der Waals surface area contributed by atoms with Gasteiger partial charge in [-0.15, -0.1) is 0 Å². The summed E-state index contributed by atoms with van der Waals surface area (Å²) in [5.41, 5.74) is 1.46. The molecule has 3 heterocycles. The summed E-state index contributed by atoms with van der Waals surface area (Å²) in [5, 5.41) is 7.98. The van der Waals surface area contributed by atoms with Gasteiger partial charge in [-0.2, -0.15) is 5.10 Å². The molecule has 2 aromatic heterocycles. The maximum Gasteiger partial charge on any atom is 0.276 e. The Bertz CT molecular complexity index is 601. The predicted molar refractivity (Wildman–Crippen MR) is 67.5 cm³/mol. The van der Waals surface area contributed by atoms with E-state index in [1.807, 2.05) is 24.3 Å². The van der Waals surface area contributed by atoms with E-state index in [-0.39, 0.29) is 11.9 Å². The molecule has 2 aromatic rings. The summed E-state index contributed by atoms with van der Waals surface area (Å²) < 4.78 is 6.74. The molecule has 0 radical (unpaired) electrons. The van der Waals surface area contributed by atoms with Crippen LogP contribution in [0, 0.1) is 6.92 Å². The normalized spacial score (nSPS) is 19.1. The van der Waals surface area contributed by atoms with Gasteiger partial charge in [-0.25, -0.2) is 0 Å². The van der Waals surface area contributed by atoms with Crippen LogP contribution in [-0.4, -0.2) is 32.3 Å². The Labute approximate surface area is 111 Å². The summed E-state index contributed by atoms with van der Waals surface area (Å²) in [6.45, 7) is 2.54. The first-order valence-electron chi connectivity index (χ1n) is 6.38. The van der Waals surface area contributed by atoms with Crippen LogP contribution in [0.25, 0.3) is 0 Å². The number of hydrogen-bond acceptors (Lipinski definition) is 4. The Balaban J connectivity index is 1.85. The number of nitrogens with zero attached hydrogens (tertiary/aromatic N) is 4. The second kappa shape index (κ2) is 4.53. The molecular weight excluding hydrogens is 244 g/mol. The standard InChI is InChI=1S/C13H16N4O2/c1-9-6-11(15-19-9)13(18)17-5-3-4-12(17)10-7-14-16(2)8-10/h6-8,12H,3-5H2,1-2H3/t12-/m0/s1. The lowest BCUT2D eigenvalue weighted by Gasteiger charge is -2.22. The zero-order chi connectivity index (χ0) is 13.4. The molecule has 6 heteroatoms. The lowest BCUT2D eigenvalue weighted by molar-refractivity contribution is 0.0725. The minimum atomic E-state index is -0.0665. The number of hydrogen-bond donors (Lipinski definition) is 0. The van der Waals surface area contributed by atoms with Crippen LogP contribution in [0.15, 0.2) is 23.0 Å². The van der Waals surface area contributed by atoms with Crippen LogP contribution in [0.2, 0.25) is 0 Å². The van der Waals surface area contributed by atoms with Crippen molar-refractivity contribution in [3.8, 4) is 0 Å². The van der Waals surface area contributed by atoms with Crippen molar-refractivity contribution in [2.24, 2.45) is 7.05 Å². The fraction of sp³-hybridized carbons (Fsp3) is 0.462. The molecule has 0 unspecified atom stereocenters. The van der Waals surface area contributed by atoms with Crippen LogP contribution in [0.1, 0.15) is 40.7 Å². The first-order chi connectivity index (χ1) is 9.15. The molecule has 1 aliphatic rings. The smallest absolute Gasteiger partial charge is 0.276 e. The van der Waals surface area contributed by atoms with E-state index in [2.05, 4.69) is 10.3 Å². The van der Waals surface area contributed by atoms with Gasteiger partial charge in [0.2, 0.25) is 0 Å². The van der Waals surface area contributed by atoms with Crippen molar-refractivity contribution in [2.75, 3.05) is 6.54 Å². The lowest BCUT2D eigenvalue weighted by Crippen LogP contribution is -2.30. The second-order valence-corrected chi connectivity index (χ2v) is 4.93. The molecule has 0 bridgehead atoms. The van der Waals surface area contributed by atoms with Gasteiger partial charge >= 0.3 is 0 Å². The van der Waals surface area contributed by atoms with Crippen LogP contribution < -0.4 is 0 Å². The van der Waals surface area contributed by atoms with E-state index in [9.17, 15) is 4.79 Å². The molecule has 1 amide bonds. The van der Waals surface area contributed by atoms with Gasteiger partial charge in [-0.1, -0.05) is 5.16 Å². The molecule has 0 N–H and O–H groups in total. The number of carbonyl (C=O) groups excluding carboxylic acids is 1. The van der Waals surface area contributed by atoms with Gasteiger partial charge in [0, 0.05) is 31.4 Å². The van der Waals surface area contributed by atoms with E-state index >= 15 is 0 Å². The summed E-state index contributed by atoms with van der Waals surface area (Å²) in [6.07, 6.45) is 5.75. The summed E-state index contributed by atoms with van der Waals surface area (Å²) in [4.78, 5) is 14.3. The first kappa shape index (κ1) is 12.0. The highest BCUT2D eigenvalue weighted by atomic mass is 16.5. The molecule has 1 atom stereocenters. The van der Waals surface area contributed by atoms with Gasteiger partial charge in [0.1, 0.15) is 5.76 Å². The third-order valence-electron chi connectivity index (χ3n) is 3.47. The van der Waals surface area contributed by atoms with E-state index in [1.54, 1.807) is 17.7 Å². The number of rotatable bonds is 2. The van der Waals surface area contributed by atoms with Crippen LogP contribution in [-0.2, 0) is 7.05 Å². The summed E-state index contributed by atoms with van der Waals surface area (Å²) >= 11 is 0. The van der Waals surface area contributed by atoms with Crippen LogP contribution in [0.4, 0.5) is 0 Å². The molecule has 6 nitrogen and oxygen atoms in total. The molecule has 0 spiro atoms. The molecule has 100 valence electrons. The fourth-order valence-electron chi connectivity index (χ4n) is 2.58. The molecule has 1 aliphatic heterocycles. The van der Waals surface area contributed by atoms with Crippen LogP contribution >= 0.6 is 0 Å². The van der Waals surface area contributed by atoms with Crippen molar-refractivity contribution in [1.29, 1.82) is 0 Å². The van der Waals surface area contributed by atoms with Crippen LogP contribution in [0.5, 0.6) is 0 Å². The number of likely N-dealkylation sites (tertiary alicyclic amines) is 1. The van der Waals surface area contributed by atoms with Crippen molar-refractivity contribution in [1.82, 2.24) is 19.8 Å². The summed E-state index contributed by atoms with van der Waals surface area (Å²) in [7, 11) is 1.88. The average Bonchev–Trinajstić information content (AvgIpc) is 3.07. The fourth-order valence-corrected chi connectivity index (χ4v) is 2.58. The third kappa shape index (κ3) is 2.14. The maximum absolute atomic E-state index is 12.4. The van der Waals surface area contributed by atoms with E-state index in [0.29, 0.717) is 11.5 Å². The molecular formula is C13H16N4O2. The number of amides is 1. The molecule has 1 saturated heterocycles. The number of aryl methyl sites for hydroxylation is 2. The molecule has 19 heavy (non-hydrogen) atoms. The molecule has 0 aromatic carbocycles. The highest BCUT2D eigenvalue weighted by Crippen LogP contribution is 2.32. The van der Waals surface area contributed by atoms with E-state index in [1.165, 1.54) is 0 Å². The monoisotopic (exact) mass is 260 g/mol. The Morgan fingerprint density at radius 3 is 3.00 bits per heavy atom. The average molecular weight is 260 g/mol. The molecule has 0 saturated carbocycles. The molecule has 3 rings (SSSR count). The van der Waals surface area contributed by atoms with E-state index in [0.717, 1.165) is 24.9 Å². The van der Waals surface area contributed by atoms with E-state index in [4.69, 9.17) is 4.52 Å². The summed E-state index contributed by atoms with van der Waals surface area (Å²) in [5.74, 6) is 0.587. The zero-order valence-electron chi connectivity index (χ0n) is 11.0. The molecule has 0 aliphatic carbocycles. The Morgan fingerprint density at radius 1 is 1.53 bits per heavy atom. The first-order valence-corrected chi connectivity index (χ1v) is 6.38. The van der Waals surface area contributed by atoms with Crippen molar-refractivity contribution in [3.63, 3.8) is 0 Å². The SMILES string of the molecule is Cc1cc(C(=O)N2CCC[C@H]2c2cnn(C)c2)no1. The van der Waals surface area contributed by atoms with Gasteiger partial charge in [0.05, 0.1) is 12.2 Å². The van der Waals surface area contributed by atoms with Crippen molar-refractivity contribution >= 4 is 5.91 Å². The quantitative estimate of drug-likeness (QED) is 0.824. The van der Waals surface area contributed by atoms with E-state index < -0.39 is 0 Å². The highest BCUT2D eigenvalue weighted by Gasteiger charge is 2.32. The Hall–Kier alpha value is -2.11. The summed E-state index contributed by atoms with van der Waals surface area (Å²) in [6, 6.07) is 1.78. The predicted octanol–water partition coefficient (Wildman–Crippen LogP) is 1.69. The topological polar surface area (TPSA) is 64.2 Å². The number of aromatic nitrogens is 3. The lowest BCUT2D eigenvalue weighted by atomic mass is 10.1.